The third kappa shape index (κ3) is 23.4. The number of nitrogens with two attached hydrogens (primary N) is 1. The number of para-hydroxylation sites is 1. The highest BCUT2D eigenvalue weighted by Crippen LogP contribution is 2.07. The molecule has 1 rings (SSSR count). The van der Waals surface area contributed by atoms with E-state index in [0.717, 1.165) is 0 Å². The van der Waals surface area contributed by atoms with E-state index >= 15 is 0 Å². The molecule has 1 amide bonds. The molecule has 8 heteroatoms. The monoisotopic (exact) mass is 365 g/mol. The van der Waals surface area contributed by atoms with Crippen LogP contribution in [-0.2, 0) is 19.1 Å². The van der Waals surface area contributed by atoms with Gasteiger partial charge in [0.15, 0.2) is 0 Å². The van der Waals surface area contributed by atoms with E-state index in [1.54, 1.807) is 38.1 Å². The second-order valence-corrected chi connectivity index (χ2v) is 2.84. The third-order valence-corrected chi connectivity index (χ3v) is 1.43. The summed E-state index contributed by atoms with van der Waals surface area (Å²) in [5, 5.41) is 0. The highest BCUT2D eigenvalue weighted by molar-refractivity contribution is 8.93. The molecule has 0 spiro atoms. The van der Waals surface area contributed by atoms with E-state index in [4.69, 9.17) is 5.73 Å². The van der Waals surface area contributed by atoms with Crippen molar-refractivity contribution in [2.24, 2.45) is 5.73 Å². The summed E-state index contributed by atoms with van der Waals surface area (Å²) < 4.78 is 12.9. The fourth-order valence-corrected chi connectivity index (χ4v) is 0.741. The molecule has 21 heavy (non-hydrogen) atoms. The molecular formula is C13H20BrNO6. The molecular weight excluding hydrogens is 346 g/mol. The molecule has 0 fully saturated rings. The van der Waals surface area contributed by atoms with Crippen molar-refractivity contribution in [3.8, 4) is 5.75 Å². The first-order chi connectivity index (χ1) is 9.62. The molecule has 1 aromatic rings. The first-order valence-corrected chi connectivity index (χ1v) is 5.75. The lowest BCUT2D eigenvalue weighted by Gasteiger charge is -1.96. The normalized spacial score (nSPS) is 7.33. The van der Waals surface area contributed by atoms with Crippen molar-refractivity contribution in [2.45, 2.75) is 13.8 Å². The van der Waals surface area contributed by atoms with E-state index in [1.165, 1.54) is 0 Å². The Bertz CT molecular complexity index is 351. The van der Waals surface area contributed by atoms with Gasteiger partial charge in [-0.3, -0.25) is 9.59 Å². The number of carbonyl (C=O) groups excluding carboxylic acids is 3. The molecule has 0 saturated carbocycles. The Morgan fingerprint density at radius 2 is 1.48 bits per heavy atom. The SMILES string of the molecule is Br.CCOC=O.CCOC=O.NC(=O)Oc1ccccc1. The lowest BCUT2D eigenvalue weighted by Crippen LogP contribution is -2.15. The largest absolute Gasteiger partial charge is 0.468 e. The van der Waals surface area contributed by atoms with Crippen LogP contribution in [0.1, 0.15) is 13.8 Å². The molecule has 2 N–H and O–H groups in total. The summed E-state index contributed by atoms with van der Waals surface area (Å²) in [6.45, 7) is 5.33. The van der Waals surface area contributed by atoms with Gasteiger partial charge in [0, 0.05) is 0 Å². The van der Waals surface area contributed by atoms with Gasteiger partial charge in [0.1, 0.15) is 5.75 Å². The maximum Gasteiger partial charge on any atom is 0.409 e. The van der Waals surface area contributed by atoms with Crippen LogP contribution in [0.3, 0.4) is 0 Å². The van der Waals surface area contributed by atoms with Crippen LogP contribution in [0.2, 0.25) is 0 Å². The summed E-state index contributed by atoms with van der Waals surface area (Å²) in [5.74, 6) is 0.468. The van der Waals surface area contributed by atoms with Crippen LogP contribution in [0.5, 0.6) is 5.75 Å². The summed E-state index contributed by atoms with van der Waals surface area (Å²) in [4.78, 5) is 28.5. The molecule has 0 bridgehead atoms. The predicted octanol–water partition coefficient (Wildman–Crippen LogP) is 2.08. The quantitative estimate of drug-likeness (QED) is 0.800. The van der Waals surface area contributed by atoms with Crippen LogP contribution >= 0.6 is 17.0 Å². The summed E-state index contributed by atoms with van der Waals surface area (Å²) in [6, 6.07) is 8.67. The standard InChI is InChI=1S/C7H7NO2.2C3H6O2.BrH/c8-7(9)10-6-4-2-1-3-5-6;2*1-2-5-3-4;/h1-5H,(H2,8,9);2*3H,2H2,1H3;1H. The van der Waals surface area contributed by atoms with Gasteiger partial charge in [-0.25, -0.2) is 4.79 Å². The van der Waals surface area contributed by atoms with Crippen molar-refractivity contribution in [1.82, 2.24) is 0 Å². The average Bonchev–Trinajstić information content (AvgIpc) is 2.42. The third-order valence-electron chi connectivity index (χ3n) is 1.43. The Morgan fingerprint density at radius 1 is 1.05 bits per heavy atom. The van der Waals surface area contributed by atoms with Crippen molar-refractivity contribution in [3.63, 3.8) is 0 Å². The maximum absolute atomic E-state index is 10.2. The van der Waals surface area contributed by atoms with Crippen LogP contribution in [-0.4, -0.2) is 32.3 Å². The van der Waals surface area contributed by atoms with Gasteiger partial charge in [-0.1, -0.05) is 18.2 Å². The fraction of sp³-hybridized carbons (Fsp3) is 0.308. The van der Waals surface area contributed by atoms with E-state index in [-0.39, 0.29) is 17.0 Å². The zero-order valence-electron chi connectivity index (χ0n) is 11.9. The number of amides is 1. The minimum absolute atomic E-state index is 0. The van der Waals surface area contributed by atoms with Crippen molar-refractivity contribution in [2.75, 3.05) is 13.2 Å². The molecule has 0 radical (unpaired) electrons. The minimum Gasteiger partial charge on any atom is -0.468 e. The number of hydrogen-bond acceptors (Lipinski definition) is 6. The summed E-state index contributed by atoms with van der Waals surface area (Å²) >= 11 is 0. The van der Waals surface area contributed by atoms with Gasteiger partial charge < -0.3 is 19.9 Å². The zero-order valence-corrected chi connectivity index (χ0v) is 13.6. The van der Waals surface area contributed by atoms with Crippen molar-refractivity contribution in [3.05, 3.63) is 30.3 Å². The maximum atomic E-state index is 10.2. The van der Waals surface area contributed by atoms with Gasteiger partial charge in [-0.15, -0.1) is 17.0 Å². The van der Waals surface area contributed by atoms with Crippen LogP contribution in [0.4, 0.5) is 4.79 Å². The van der Waals surface area contributed by atoms with Gasteiger partial charge in [-0.2, -0.15) is 0 Å². The van der Waals surface area contributed by atoms with Crippen molar-refractivity contribution < 1.29 is 28.6 Å². The Labute approximate surface area is 134 Å². The number of ether oxygens (including phenoxy) is 3. The van der Waals surface area contributed by atoms with Crippen LogP contribution in [0.25, 0.3) is 0 Å². The first-order valence-electron chi connectivity index (χ1n) is 5.75. The topological polar surface area (TPSA) is 105 Å². The molecule has 0 heterocycles. The molecule has 0 aliphatic rings. The highest BCUT2D eigenvalue weighted by atomic mass is 79.9. The molecule has 0 unspecified atom stereocenters. The molecule has 0 saturated heterocycles. The number of rotatable bonds is 5. The van der Waals surface area contributed by atoms with E-state index in [1.807, 2.05) is 6.07 Å². The predicted molar refractivity (Wildman–Crippen MR) is 82.4 cm³/mol. The Kier molecular flexibility index (Phi) is 23.1. The first kappa shape index (κ1) is 24.0. The Balaban J connectivity index is -0.000000254. The lowest BCUT2D eigenvalue weighted by molar-refractivity contribution is -0.129. The fourth-order valence-electron chi connectivity index (χ4n) is 0.741. The molecule has 0 aromatic heterocycles. The van der Waals surface area contributed by atoms with Crippen molar-refractivity contribution >= 4 is 36.0 Å². The number of hydrogen-bond donors (Lipinski definition) is 1. The summed E-state index contributed by atoms with van der Waals surface area (Å²) in [5.41, 5.74) is 4.76. The average molecular weight is 366 g/mol. The number of carbonyl (C=O) groups is 3. The lowest BCUT2D eigenvalue weighted by atomic mass is 10.3. The minimum atomic E-state index is -0.786. The van der Waals surface area contributed by atoms with E-state index < -0.39 is 6.09 Å². The van der Waals surface area contributed by atoms with E-state index in [0.29, 0.717) is 31.9 Å². The second-order valence-electron chi connectivity index (χ2n) is 2.84. The Morgan fingerprint density at radius 3 is 1.71 bits per heavy atom. The number of benzene rings is 1. The molecule has 7 nitrogen and oxygen atoms in total. The van der Waals surface area contributed by atoms with E-state index in [9.17, 15) is 14.4 Å². The zero-order chi connectivity index (χ0) is 15.6. The van der Waals surface area contributed by atoms with E-state index in [2.05, 4.69) is 14.2 Å². The van der Waals surface area contributed by atoms with Crippen molar-refractivity contribution in [1.29, 1.82) is 0 Å². The molecule has 0 aliphatic carbocycles. The van der Waals surface area contributed by atoms with Crippen LogP contribution in [0, 0.1) is 0 Å². The van der Waals surface area contributed by atoms with Crippen LogP contribution in [0.15, 0.2) is 30.3 Å². The Hall–Kier alpha value is -2.09. The molecule has 0 aliphatic heterocycles. The number of primary amides is 1. The van der Waals surface area contributed by atoms with Gasteiger partial charge in [0.05, 0.1) is 13.2 Å². The van der Waals surface area contributed by atoms with Gasteiger partial charge in [-0.05, 0) is 26.0 Å². The summed E-state index contributed by atoms with van der Waals surface area (Å²) in [7, 11) is 0. The highest BCUT2D eigenvalue weighted by Gasteiger charge is 1.93. The molecule has 1 aromatic carbocycles. The number of halogens is 1. The van der Waals surface area contributed by atoms with Gasteiger partial charge in [0.25, 0.3) is 12.9 Å². The van der Waals surface area contributed by atoms with Gasteiger partial charge in [0.2, 0.25) is 0 Å². The molecule has 120 valence electrons. The molecule has 0 atom stereocenters. The van der Waals surface area contributed by atoms with Crippen LogP contribution < -0.4 is 10.5 Å². The smallest absolute Gasteiger partial charge is 0.409 e. The summed E-state index contributed by atoms with van der Waals surface area (Å²) in [6.07, 6.45) is -0.786. The van der Waals surface area contributed by atoms with Gasteiger partial charge >= 0.3 is 6.09 Å². The second kappa shape index (κ2) is 20.2.